The van der Waals surface area contributed by atoms with Gasteiger partial charge in [0.25, 0.3) is 5.91 Å². The molecule has 7 heteroatoms. The van der Waals surface area contributed by atoms with Gasteiger partial charge in [-0.3, -0.25) is 14.5 Å². The Morgan fingerprint density at radius 2 is 1.71 bits per heavy atom. The largest absolute Gasteiger partial charge is 0.493 e. The van der Waals surface area contributed by atoms with Gasteiger partial charge in [-0.05, 0) is 30.2 Å². The van der Waals surface area contributed by atoms with E-state index >= 15 is 0 Å². The van der Waals surface area contributed by atoms with Gasteiger partial charge >= 0.3 is 6.03 Å². The first kappa shape index (κ1) is 19.4. The molecule has 1 N–H and O–H groups in total. The first-order valence-electron chi connectivity index (χ1n) is 8.91. The van der Waals surface area contributed by atoms with E-state index in [1.807, 2.05) is 25.1 Å². The first-order valence-corrected chi connectivity index (χ1v) is 8.91. The summed E-state index contributed by atoms with van der Waals surface area (Å²) >= 11 is 0. The maximum Gasteiger partial charge on any atom is 0.325 e. The van der Waals surface area contributed by atoms with Crippen molar-refractivity contribution in [2.45, 2.75) is 18.9 Å². The van der Waals surface area contributed by atoms with Crippen molar-refractivity contribution in [2.75, 3.05) is 20.8 Å². The lowest BCUT2D eigenvalue weighted by molar-refractivity contribution is -0.131. The Morgan fingerprint density at radius 3 is 2.32 bits per heavy atom. The average Bonchev–Trinajstić information content (AvgIpc) is 2.98. The van der Waals surface area contributed by atoms with Crippen LogP contribution in [0.1, 0.15) is 29.3 Å². The second-order valence-electron chi connectivity index (χ2n) is 6.44. The van der Waals surface area contributed by atoms with E-state index < -0.39 is 17.5 Å². The highest BCUT2D eigenvalue weighted by Gasteiger charge is 2.51. The van der Waals surface area contributed by atoms with Crippen molar-refractivity contribution >= 4 is 17.7 Å². The van der Waals surface area contributed by atoms with E-state index in [0.29, 0.717) is 29.0 Å². The molecule has 2 aromatic carbocycles. The number of hydrogen-bond acceptors (Lipinski definition) is 5. The molecule has 0 aliphatic carbocycles. The van der Waals surface area contributed by atoms with Crippen LogP contribution < -0.4 is 14.8 Å². The third kappa shape index (κ3) is 3.19. The van der Waals surface area contributed by atoms with Gasteiger partial charge in [-0.15, -0.1) is 0 Å². The number of ketones is 1. The highest BCUT2D eigenvalue weighted by molar-refractivity contribution is 6.11. The van der Waals surface area contributed by atoms with Gasteiger partial charge in [0.05, 0.1) is 20.8 Å². The standard InChI is InChI=1S/C21H22N2O5/c1-4-21(15-8-6-5-7-9-15)19(25)23(20(26)22-21)13-16(24)14-10-11-17(27-2)18(12-14)28-3/h5-12H,4,13H2,1-3H3,(H,22,26). The lowest BCUT2D eigenvalue weighted by atomic mass is 9.87. The predicted octanol–water partition coefficient (Wildman–Crippen LogP) is 2.74. The molecule has 3 amide bonds. The molecule has 0 saturated carbocycles. The molecule has 7 nitrogen and oxygen atoms in total. The van der Waals surface area contributed by atoms with E-state index in [2.05, 4.69) is 5.32 Å². The minimum absolute atomic E-state index is 0.326. The summed E-state index contributed by atoms with van der Waals surface area (Å²) in [7, 11) is 2.97. The number of amides is 3. The Balaban J connectivity index is 1.86. The summed E-state index contributed by atoms with van der Waals surface area (Å²) in [5.41, 5.74) is -0.139. The van der Waals surface area contributed by atoms with Crippen molar-refractivity contribution in [3.05, 3.63) is 59.7 Å². The summed E-state index contributed by atoms with van der Waals surface area (Å²) in [6, 6.07) is 13.2. The summed E-state index contributed by atoms with van der Waals surface area (Å²) in [5, 5.41) is 2.77. The zero-order valence-electron chi connectivity index (χ0n) is 16.0. The Hall–Kier alpha value is -3.35. The van der Waals surface area contributed by atoms with Crippen LogP contribution in [0, 0.1) is 0 Å². The van der Waals surface area contributed by atoms with Crippen LogP contribution in [-0.4, -0.2) is 43.4 Å². The van der Waals surface area contributed by atoms with Gasteiger partial charge in [0.15, 0.2) is 17.3 Å². The minimum atomic E-state index is -1.16. The third-order valence-corrected chi connectivity index (χ3v) is 4.98. The van der Waals surface area contributed by atoms with Crippen LogP contribution in [0.3, 0.4) is 0 Å². The number of methoxy groups -OCH3 is 2. The molecule has 0 spiro atoms. The molecule has 146 valence electrons. The number of nitrogens with one attached hydrogen (secondary N) is 1. The molecule has 2 aromatic rings. The number of nitrogens with zero attached hydrogens (tertiary/aromatic N) is 1. The van der Waals surface area contributed by atoms with Crippen LogP contribution >= 0.6 is 0 Å². The molecule has 1 saturated heterocycles. The molecular formula is C21H22N2O5. The number of ether oxygens (including phenoxy) is 2. The summed E-state index contributed by atoms with van der Waals surface area (Å²) in [4.78, 5) is 39.3. The molecule has 0 aromatic heterocycles. The van der Waals surface area contributed by atoms with E-state index in [1.54, 1.807) is 24.3 Å². The molecule has 0 radical (unpaired) electrons. The molecule has 1 aliphatic rings. The highest BCUT2D eigenvalue weighted by atomic mass is 16.5. The van der Waals surface area contributed by atoms with Crippen molar-refractivity contribution in [1.82, 2.24) is 10.2 Å². The van der Waals surface area contributed by atoms with E-state index in [-0.39, 0.29) is 12.3 Å². The van der Waals surface area contributed by atoms with Crippen LogP contribution in [0.2, 0.25) is 0 Å². The van der Waals surface area contributed by atoms with Crippen LogP contribution in [0.5, 0.6) is 11.5 Å². The van der Waals surface area contributed by atoms with Gasteiger partial charge in [0.1, 0.15) is 5.54 Å². The maximum absolute atomic E-state index is 13.1. The molecule has 1 unspecified atom stereocenters. The second-order valence-corrected chi connectivity index (χ2v) is 6.44. The van der Waals surface area contributed by atoms with Gasteiger partial charge in [-0.1, -0.05) is 37.3 Å². The molecular weight excluding hydrogens is 360 g/mol. The smallest absolute Gasteiger partial charge is 0.325 e. The normalized spacial score (nSPS) is 18.8. The van der Waals surface area contributed by atoms with Crippen molar-refractivity contribution < 1.29 is 23.9 Å². The SMILES string of the molecule is CCC1(c2ccccc2)NC(=O)N(CC(=O)c2ccc(OC)c(OC)c2)C1=O. The topological polar surface area (TPSA) is 84.9 Å². The number of carbonyl (C=O) groups excluding carboxylic acids is 3. The quantitative estimate of drug-likeness (QED) is 0.588. The van der Waals surface area contributed by atoms with E-state index in [9.17, 15) is 14.4 Å². The van der Waals surface area contributed by atoms with Crippen molar-refractivity contribution in [3.63, 3.8) is 0 Å². The van der Waals surface area contributed by atoms with Gasteiger partial charge in [0, 0.05) is 5.56 Å². The fourth-order valence-electron chi connectivity index (χ4n) is 3.38. The average molecular weight is 382 g/mol. The van der Waals surface area contributed by atoms with Gasteiger partial charge in [-0.25, -0.2) is 4.79 Å². The van der Waals surface area contributed by atoms with Crippen molar-refractivity contribution in [1.29, 1.82) is 0 Å². The van der Waals surface area contributed by atoms with E-state index in [1.165, 1.54) is 20.3 Å². The number of urea groups is 1. The van der Waals surface area contributed by atoms with Crippen LogP contribution in [-0.2, 0) is 10.3 Å². The molecule has 1 fully saturated rings. The Kier molecular flexibility index (Phi) is 5.35. The number of imide groups is 1. The monoisotopic (exact) mass is 382 g/mol. The van der Waals surface area contributed by atoms with Crippen molar-refractivity contribution in [3.8, 4) is 11.5 Å². The minimum Gasteiger partial charge on any atom is -0.493 e. The number of benzene rings is 2. The zero-order chi connectivity index (χ0) is 20.3. The number of rotatable bonds is 7. The molecule has 1 heterocycles. The van der Waals surface area contributed by atoms with E-state index in [0.717, 1.165) is 4.90 Å². The number of carbonyl (C=O) groups is 3. The zero-order valence-corrected chi connectivity index (χ0v) is 16.0. The molecule has 0 bridgehead atoms. The molecule has 1 atom stereocenters. The summed E-state index contributed by atoms with van der Waals surface area (Å²) in [6.07, 6.45) is 0.378. The van der Waals surface area contributed by atoms with Crippen LogP contribution in [0.15, 0.2) is 48.5 Å². The van der Waals surface area contributed by atoms with E-state index in [4.69, 9.17) is 9.47 Å². The van der Waals surface area contributed by atoms with Gasteiger partial charge < -0.3 is 14.8 Å². The second kappa shape index (κ2) is 7.72. The Bertz CT molecular complexity index is 912. The lowest BCUT2D eigenvalue weighted by Gasteiger charge is -2.25. The summed E-state index contributed by atoms with van der Waals surface area (Å²) < 4.78 is 10.4. The fourth-order valence-corrected chi connectivity index (χ4v) is 3.38. The Morgan fingerprint density at radius 1 is 1.04 bits per heavy atom. The number of Topliss-reactive ketones (excluding diaryl/α,β-unsaturated/α-hetero) is 1. The van der Waals surface area contributed by atoms with Crippen LogP contribution in [0.25, 0.3) is 0 Å². The third-order valence-electron chi connectivity index (χ3n) is 4.98. The number of hydrogen-bond donors (Lipinski definition) is 1. The van der Waals surface area contributed by atoms with Crippen molar-refractivity contribution in [2.24, 2.45) is 0 Å². The lowest BCUT2D eigenvalue weighted by Crippen LogP contribution is -2.43. The predicted molar refractivity (Wildman–Crippen MR) is 103 cm³/mol. The van der Waals surface area contributed by atoms with Gasteiger partial charge in [0.2, 0.25) is 0 Å². The fraction of sp³-hybridized carbons (Fsp3) is 0.286. The summed E-state index contributed by atoms with van der Waals surface area (Å²) in [5.74, 6) is 0.0882. The highest BCUT2D eigenvalue weighted by Crippen LogP contribution is 2.33. The first-order chi connectivity index (χ1) is 13.5. The molecule has 1 aliphatic heterocycles. The molecule has 3 rings (SSSR count). The van der Waals surface area contributed by atoms with Gasteiger partial charge in [-0.2, -0.15) is 0 Å². The van der Waals surface area contributed by atoms with Crippen LogP contribution in [0.4, 0.5) is 4.79 Å². The summed E-state index contributed by atoms with van der Waals surface area (Å²) in [6.45, 7) is 1.47. The Labute approximate surface area is 163 Å². The molecule has 28 heavy (non-hydrogen) atoms. The maximum atomic E-state index is 13.1.